The van der Waals surface area contributed by atoms with E-state index in [4.69, 9.17) is 23.8 Å². The summed E-state index contributed by atoms with van der Waals surface area (Å²) in [5, 5.41) is 3.83. The number of ether oxygens (including phenoxy) is 1. The lowest BCUT2D eigenvalue weighted by molar-refractivity contribution is -0.0305. The first-order valence-electron chi connectivity index (χ1n) is 18.4. The van der Waals surface area contributed by atoms with Gasteiger partial charge in [-0.2, -0.15) is 0 Å². The third-order valence-electron chi connectivity index (χ3n) is 8.75. The number of nitrogens with zero attached hydrogens (tertiary/aromatic N) is 4. The van der Waals surface area contributed by atoms with Crippen molar-refractivity contribution in [2.45, 2.75) is 174 Å². The van der Waals surface area contributed by atoms with E-state index >= 15 is 0 Å². The van der Waals surface area contributed by atoms with E-state index in [0.29, 0.717) is 5.56 Å². The molecule has 1 unspecified atom stereocenters. The third-order valence-corrected chi connectivity index (χ3v) is 10.2. The zero-order chi connectivity index (χ0) is 34.2. The maximum atomic E-state index is 13.7. The van der Waals surface area contributed by atoms with Crippen molar-refractivity contribution in [1.29, 1.82) is 0 Å². The summed E-state index contributed by atoms with van der Waals surface area (Å²) < 4.78 is 38.3. The largest absolute Gasteiger partial charge is 0.474 e. The molecule has 2 rings (SSSR count). The Balaban J connectivity index is 1.87. The number of phosphoric ester groups is 1. The van der Waals surface area contributed by atoms with Gasteiger partial charge in [-0.3, -0.25) is 27.9 Å². The molecule has 1 aromatic rings. The van der Waals surface area contributed by atoms with E-state index in [9.17, 15) is 14.2 Å². The number of phosphoric acid groups is 1. The van der Waals surface area contributed by atoms with Gasteiger partial charge in [-0.05, 0) is 25.3 Å². The average Bonchev–Trinajstić information content (AvgIpc) is 3.45. The van der Waals surface area contributed by atoms with Crippen molar-refractivity contribution >= 4 is 7.82 Å². The zero-order valence-electron chi connectivity index (χ0n) is 29.4. The summed E-state index contributed by atoms with van der Waals surface area (Å²) in [6.07, 6.45) is 23.5. The van der Waals surface area contributed by atoms with Gasteiger partial charge in [-0.25, -0.2) is 9.36 Å². The van der Waals surface area contributed by atoms with E-state index in [-0.39, 0.29) is 26.2 Å². The average molecular weight is 684 g/mol. The molecular formula is C34H62N5O7P. The van der Waals surface area contributed by atoms with Crippen LogP contribution in [0, 0.1) is 6.92 Å². The molecule has 2 heterocycles. The molecule has 3 atom stereocenters. The lowest BCUT2D eigenvalue weighted by atomic mass is 10.1. The van der Waals surface area contributed by atoms with Crippen LogP contribution < -0.4 is 11.2 Å². The highest BCUT2D eigenvalue weighted by Crippen LogP contribution is 2.50. The number of rotatable bonds is 29. The van der Waals surface area contributed by atoms with Crippen molar-refractivity contribution < 1.29 is 22.9 Å². The summed E-state index contributed by atoms with van der Waals surface area (Å²) in [6.45, 7) is 6.35. The van der Waals surface area contributed by atoms with Crippen LogP contribution in [0.3, 0.4) is 0 Å². The molecule has 13 heteroatoms. The summed E-state index contributed by atoms with van der Waals surface area (Å²) in [6, 6.07) is -0.679. The number of hydrogen-bond acceptors (Lipinski definition) is 8. The van der Waals surface area contributed by atoms with Crippen LogP contribution in [0.4, 0.5) is 0 Å². The lowest BCUT2D eigenvalue weighted by Gasteiger charge is -2.21. The SMILES string of the molecule is CCCCCCCCCCCCOP(=O)(OCCCCCCCCCCCC)OC[C@H]1OC(n2cc(C)c(=O)[nH]c2=O)C[C@@H]1N=[N+]=[N-]. The number of H-pyrrole nitrogens is 1. The van der Waals surface area contributed by atoms with Gasteiger partial charge in [0.2, 0.25) is 0 Å². The smallest absolute Gasteiger partial charge is 0.352 e. The summed E-state index contributed by atoms with van der Waals surface area (Å²) >= 11 is 0. The second-order valence-electron chi connectivity index (χ2n) is 12.9. The normalized spacial score (nSPS) is 18.1. The van der Waals surface area contributed by atoms with Gasteiger partial charge in [-0.15, -0.1) is 0 Å². The minimum absolute atomic E-state index is 0.187. The van der Waals surface area contributed by atoms with Gasteiger partial charge in [0, 0.05) is 23.1 Å². The Hall–Kier alpha value is -1.94. The molecule has 1 aliphatic rings. The van der Waals surface area contributed by atoms with Gasteiger partial charge in [0.1, 0.15) is 6.23 Å². The molecule has 1 aromatic heterocycles. The molecule has 0 aliphatic carbocycles. The molecule has 270 valence electrons. The van der Waals surface area contributed by atoms with Crippen LogP contribution in [-0.2, 0) is 22.9 Å². The van der Waals surface area contributed by atoms with Gasteiger partial charge in [0.15, 0.2) is 0 Å². The number of hydrogen-bond donors (Lipinski definition) is 1. The molecule has 0 amide bonds. The predicted octanol–water partition coefficient (Wildman–Crippen LogP) is 9.81. The van der Waals surface area contributed by atoms with Crippen LogP contribution in [0.5, 0.6) is 0 Å². The molecule has 47 heavy (non-hydrogen) atoms. The van der Waals surface area contributed by atoms with Crippen molar-refractivity contribution in [3.8, 4) is 0 Å². The van der Waals surface area contributed by atoms with Crippen LogP contribution in [0.1, 0.15) is 160 Å². The molecule has 0 spiro atoms. The maximum Gasteiger partial charge on any atom is 0.474 e. The van der Waals surface area contributed by atoms with Crippen molar-refractivity contribution in [3.63, 3.8) is 0 Å². The highest BCUT2D eigenvalue weighted by Gasteiger charge is 2.39. The van der Waals surface area contributed by atoms with E-state index in [0.717, 1.165) is 38.5 Å². The third kappa shape index (κ3) is 17.3. The van der Waals surface area contributed by atoms with Gasteiger partial charge in [0.05, 0.1) is 32.0 Å². The van der Waals surface area contributed by atoms with E-state index in [1.165, 1.54) is 101 Å². The van der Waals surface area contributed by atoms with E-state index in [2.05, 4.69) is 28.9 Å². The summed E-state index contributed by atoms with van der Waals surface area (Å²) in [7, 11) is -3.92. The molecule has 1 fully saturated rings. The first-order valence-corrected chi connectivity index (χ1v) is 19.8. The van der Waals surface area contributed by atoms with Gasteiger partial charge < -0.3 is 4.74 Å². The number of aromatic amines is 1. The van der Waals surface area contributed by atoms with Crippen molar-refractivity contribution in [2.24, 2.45) is 5.11 Å². The van der Waals surface area contributed by atoms with Crippen molar-refractivity contribution in [1.82, 2.24) is 9.55 Å². The Morgan fingerprint density at radius 2 is 1.30 bits per heavy atom. The second-order valence-corrected chi connectivity index (χ2v) is 14.6. The van der Waals surface area contributed by atoms with Crippen molar-refractivity contribution in [2.75, 3.05) is 19.8 Å². The van der Waals surface area contributed by atoms with Gasteiger partial charge in [0.25, 0.3) is 5.56 Å². The van der Waals surface area contributed by atoms with E-state index in [1.54, 1.807) is 6.92 Å². The van der Waals surface area contributed by atoms with Gasteiger partial charge >= 0.3 is 13.5 Å². The summed E-state index contributed by atoms with van der Waals surface area (Å²) in [4.78, 5) is 29.5. The highest BCUT2D eigenvalue weighted by atomic mass is 31.2. The van der Waals surface area contributed by atoms with Gasteiger partial charge in [-0.1, -0.05) is 135 Å². The summed E-state index contributed by atoms with van der Waals surface area (Å²) in [5.74, 6) is 0. The van der Waals surface area contributed by atoms with E-state index in [1.807, 2.05) is 0 Å². The Morgan fingerprint density at radius 3 is 1.77 bits per heavy atom. The summed E-state index contributed by atoms with van der Waals surface area (Å²) in [5.41, 5.74) is 8.39. The predicted molar refractivity (Wildman–Crippen MR) is 187 cm³/mol. The first-order chi connectivity index (χ1) is 22.8. The zero-order valence-corrected chi connectivity index (χ0v) is 30.3. The van der Waals surface area contributed by atoms with Crippen LogP contribution in [0.2, 0.25) is 0 Å². The Bertz CT molecular complexity index is 1160. The monoisotopic (exact) mass is 683 g/mol. The topological polar surface area (TPSA) is 158 Å². The molecule has 0 aromatic carbocycles. The Labute approximate surface area is 281 Å². The highest BCUT2D eigenvalue weighted by molar-refractivity contribution is 7.48. The first kappa shape index (κ1) is 41.2. The maximum absolute atomic E-state index is 13.7. The molecule has 1 N–H and O–H groups in total. The number of nitrogens with one attached hydrogen (secondary N) is 1. The lowest BCUT2D eigenvalue weighted by Crippen LogP contribution is -2.33. The minimum Gasteiger partial charge on any atom is -0.352 e. The number of azide groups is 1. The quantitative estimate of drug-likeness (QED) is 0.0289. The van der Waals surface area contributed by atoms with Crippen molar-refractivity contribution in [3.05, 3.63) is 43.0 Å². The van der Waals surface area contributed by atoms with Crippen LogP contribution in [-0.4, -0.2) is 41.5 Å². The molecule has 0 bridgehead atoms. The van der Waals surface area contributed by atoms with Crippen LogP contribution in [0.25, 0.3) is 10.4 Å². The second kappa shape index (κ2) is 25.1. The minimum atomic E-state index is -3.92. The fourth-order valence-corrected chi connectivity index (χ4v) is 7.09. The number of unbranched alkanes of at least 4 members (excludes halogenated alkanes) is 18. The standard InChI is InChI=1S/C34H62N5O7P/c1-4-6-8-10-12-14-16-18-20-22-24-43-47(42,44-25-23-21-19-17-15-13-11-9-7-5-2)45-28-31-30(37-38-35)26-32(46-31)39-27-29(3)33(40)36-34(39)41/h27,30-32H,4-26,28H2,1-3H3,(H,36,40,41)/t30-,31+,32?/m0/s1. The fraction of sp³-hybridized carbons (Fsp3) is 0.882. The molecule has 1 aliphatic heterocycles. The molecule has 1 saturated heterocycles. The molecule has 12 nitrogen and oxygen atoms in total. The fourth-order valence-electron chi connectivity index (χ4n) is 5.83. The number of aryl methyl sites for hydroxylation is 1. The van der Waals surface area contributed by atoms with Crippen LogP contribution >= 0.6 is 7.82 Å². The van der Waals surface area contributed by atoms with E-state index < -0.39 is 37.4 Å². The Kier molecular flexibility index (Phi) is 22.0. The Morgan fingerprint density at radius 1 is 0.830 bits per heavy atom. The molecular weight excluding hydrogens is 621 g/mol. The molecule has 0 radical (unpaired) electrons. The van der Waals surface area contributed by atoms with Crippen LogP contribution in [0.15, 0.2) is 20.9 Å². The number of aromatic nitrogens is 2. The molecule has 0 saturated carbocycles.